The first-order valence-corrected chi connectivity index (χ1v) is 13.3. The summed E-state index contributed by atoms with van der Waals surface area (Å²) in [6.45, 7) is 12.6. The van der Waals surface area contributed by atoms with Crippen molar-refractivity contribution in [3.05, 3.63) is 23.3 Å². The van der Waals surface area contributed by atoms with Crippen LogP contribution in [-0.4, -0.2) is 46.2 Å². The lowest BCUT2D eigenvalue weighted by Crippen LogP contribution is -2.59. The number of allylic oxidation sites excluding steroid dienone is 4. The van der Waals surface area contributed by atoms with Gasteiger partial charge in [-0.05, 0) is 67.4 Å². The summed E-state index contributed by atoms with van der Waals surface area (Å²) in [5.74, 6) is 0.618. The fraction of sp³-hybridized carbons (Fsp3) is 0.793. The summed E-state index contributed by atoms with van der Waals surface area (Å²) in [5.41, 5.74) is -0.0926. The van der Waals surface area contributed by atoms with Gasteiger partial charge in [0.05, 0.1) is 23.7 Å². The van der Waals surface area contributed by atoms with Crippen LogP contribution >= 0.6 is 0 Å². The number of ether oxygens (including phenoxy) is 1. The molecule has 5 heteroatoms. The summed E-state index contributed by atoms with van der Waals surface area (Å²) in [7, 11) is 0. The van der Waals surface area contributed by atoms with Gasteiger partial charge < -0.3 is 14.9 Å². The molecule has 34 heavy (non-hydrogen) atoms. The molecule has 0 amide bonds. The maximum absolute atomic E-state index is 14.0. The predicted molar refractivity (Wildman–Crippen MR) is 130 cm³/mol. The van der Waals surface area contributed by atoms with Crippen LogP contribution in [0.25, 0.3) is 0 Å². The van der Waals surface area contributed by atoms with Crippen molar-refractivity contribution in [2.75, 3.05) is 6.61 Å². The number of aliphatic hydroxyl groups is 2. The highest BCUT2D eigenvalue weighted by Crippen LogP contribution is 2.73. The van der Waals surface area contributed by atoms with Crippen LogP contribution in [0.2, 0.25) is 0 Å². The van der Waals surface area contributed by atoms with Gasteiger partial charge in [-0.3, -0.25) is 9.59 Å². The third-order valence-corrected chi connectivity index (χ3v) is 11.8. The highest BCUT2D eigenvalue weighted by atomic mass is 16.5. The molecule has 2 N–H and O–H groups in total. The molecular weight excluding hydrogens is 428 g/mol. The van der Waals surface area contributed by atoms with E-state index in [-0.39, 0.29) is 35.4 Å². The predicted octanol–water partition coefficient (Wildman–Crippen LogP) is 4.55. The average Bonchev–Trinajstić information content (AvgIpc) is 3.23. The van der Waals surface area contributed by atoms with E-state index in [2.05, 4.69) is 39.8 Å². The number of rotatable bonds is 3. The Balaban J connectivity index is 1.62. The third kappa shape index (κ3) is 2.57. The summed E-state index contributed by atoms with van der Waals surface area (Å²) in [5, 5.41) is 21.1. The zero-order valence-electron chi connectivity index (χ0n) is 21.7. The van der Waals surface area contributed by atoms with E-state index in [4.69, 9.17) is 4.74 Å². The van der Waals surface area contributed by atoms with Crippen LogP contribution in [0.15, 0.2) is 23.3 Å². The van der Waals surface area contributed by atoms with Crippen LogP contribution in [-0.2, 0) is 14.3 Å². The van der Waals surface area contributed by atoms with Crippen molar-refractivity contribution in [1.29, 1.82) is 0 Å². The van der Waals surface area contributed by atoms with Crippen LogP contribution in [0.1, 0.15) is 86.5 Å². The first-order chi connectivity index (χ1) is 15.9. The molecule has 0 aromatic heterocycles. The average molecular weight is 471 g/mol. The first kappa shape index (κ1) is 24.4. The van der Waals surface area contributed by atoms with Gasteiger partial charge in [0, 0.05) is 23.7 Å². The zero-order valence-corrected chi connectivity index (χ0v) is 21.7. The van der Waals surface area contributed by atoms with E-state index in [1.807, 2.05) is 13.8 Å². The van der Waals surface area contributed by atoms with E-state index in [0.717, 1.165) is 24.8 Å². The smallest absolute Gasteiger partial charge is 0.161 e. The molecule has 4 aliphatic carbocycles. The van der Waals surface area contributed by atoms with Crippen molar-refractivity contribution >= 4 is 11.6 Å². The second-order valence-electron chi connectivity index (χ2n) is 12.9. The van der Waals surface area contributed by atoms with Crippen molar-refractivity contribution in [3.8, 4) is 0 Å². The van der Waals surface area contributed by atoms with Crippen LogP contribution < -0.4 is 0 Å². The molecule has 9 unspecified atom stereocenters. The Morgan fingerprint density at radius 3 is 2.53 bits per heavy atom. The second-order valence-corrected chi connectivity index (χ2v) is 12.9. The van der Waals surface area contributed by atoms with E-state index in [0.29, 0.717) is 25.7 Å². The van der Waals surface area contributed by atoms with Gasteiger partial charge in [0.15, 0.2) is 5.78 Å². The van der Waals surface area contributed by atoms with Crippen LogP contribution in [0.5, 0.6) is 0 Å². The minimum atomic E-state index is -0.671. The van der Waals surface area contributed by atoms with E-state index in [1.54, 1.807) is 0 Å². The van der Waals surface area contributed by atoms with Gasteiger partial charge in [-0.1, -0.05) is 46.8 Å². The van der Waals surface area contributed by atoms with Gasteiger partial charge in [-0.15, -0.1) is 0 Å². The van der Waals surface area contributed by atoms with Crippen molar-refractivity contribution < 1.29 is 24.5 Å². The van der Waals surface area contributed by atoms with Crippen molar-refractivity contribution in [1.82, 2.24) is 0 Å². The molecule has 5 rings (SSSR count). The SMILES string of the molecule is CCC(=O)C1CC(C)C2(CC(=O)C3(C)C4=CCC5C(C)(CCC(O)C5(C)CO)C4=CCC32C)O1. The molecule has 0 radical (unpaired) electrons. The Morgan fingerprint density at radius 2 is 1.88 bits per heavy atom. The number of fused-ring (bicyclic) bond motifs is 6. The van der Waals surface area contributed by atoms with Crippen LogP contribution in [0, 0.1) is 33.5 Å². The van der Waals surface area contributed by atoms with Gasteiger partial charge in [0.2, 0.25) is 0 Å². The summed E-state index contributed by atoms with van der Waals surface area (Å²) in [6.07, 6.45) is 8.15. The summed E-state index contributed by atoms with van der Waals surface area (Å²) < 4.78 is 6.67. The highest BCUT2D eigenvalue weighted by Gasteiger charge is 2.75. The molecular formula is C29H42O5. The number of aliphatic hydroxyl groups excluding tert-OH is 2. The Kier molecular flexibility index (Phi) is 5.28. The fourth-order valence-corrected chi connectivity index (χ4v) is 9.15. The molecule has 1 spiro atoms. The molecule has 3 fully saturated rings. The number of hydrogen-bond donors (Lipinski definition) is 2. The van der Waals surface area contributed by atoms with Gasteiger partial charge in [-0.2, -0.15) is 0 Å². The van der Waals surface area contributed by atoms with Gasteiger partial charge in [-0.25, -0.2) is 0 Å². The third-order valence-electron chi connectivity index (χ3n) is 11.8. The summed E-state index contributed by atoms with van der Waals surface area (Å²) >= 11 is 0. The van der Waals surface area contributed by atoms with Crippen molar-refractivity contribution in [2.45, 2.75) is 104 Å². The molecule has 0 bridgehead atoms. The molecule has 0 aromatic rings. The minimum absolute atomic E-state index is 0.0416. The molecule has 0 aromatic carbocycles. The lowest BCUT2D eigenvalue weighted by atomic mass is 9.43. The van der Waals surface area contributed by atoms with E-state index in [9.17, 15) is 19.8 Å². The largest absolute Gasteiger partial charge is 0.396 e. The standard InChI is InChI=1S/C29H42O5/c1-7-20(31)21-14-17(2)29(34-21)15-24(33)28(6)19-8-9-22-25(3,18(19)10-13-27(28,29)5)12-11-23(32)26(22,4)16-30/h8,10,17,21-23,30,32H,7,9,11-16H2,1-6H3. The Labute approximate surface area is 204 Å². The van der Waals surface area contributed by atoms with Gasteiger partial charge in [0.25, 0.3) is 0 Å². The topological polar surface area (TPSA) is 83.8 Å². The fourth-order valence-electron chi connectivity index (χ4n) is 9.15. The second kappa shape index (κ2) is 7.36. The molecule has 9 atom stereocenters. The molecule has 5 nitrogen and oxygen atoms in total. The molecule has 2 saturated carbocycles. The maximum atomic E-state index is 14.0. The van der Waals surface area contributed by atoms with Crippen molar-refractivity contribution in [3.63, 3.8) is 0 Å². The monoisotopic (exact) mass is 470 g/mol. The quantitative estimate of drug-likeness (QED) is 0.632. The Bertz CT molecular complexity index is 996. The number of carbonyl (C=O) groups is 2. The molecule has 1 heterocycles. The van der Waals surface area contributed by atoms with Crippen molar-refractivity contribution in [2.24, 2.45) is 33.5 Å². The zero-order chi connectivity index (χ0) is 24.9. The lowest BCUT2D eigenvalue weighted by Gasteiger charge is -2.61. The normalized spacial score (nSPS) is 52.1. The van der Waals surface area contributed by atoms with E-state index in [1.165, 1.54) is 5.57 Å². The van der Waals surface area contributed by atoms with Crippen LogP contribution in [0.3, 0.4) is 0 Å². The van der Waals surface area contributed by atoms with Gasteiger partial charge >= 0.3 is 0 Å². The van der Waals surface area contributed by atoms with Gasteiger partial charge in [0.1, 0.15) is 11.9 Å². The number of hydrogen-bond acceptors (Lipinski definition) is 5. The van der Waals surface area contributed by atoms with E-state index >= 15 is 0 Å². The lowest BCUT2D eigenvalue weighted by molar-refractivity contribution is -0.158. The Morgan fingerprint density at radius 1 is 1.18 bits per heavy atom. The summed E-state index contributed by atoms with van der Waals surface area (Å²) in [6, 6.07) is 0. The number of ketones is 2. The minimum Gasteiger partial charge on any atom is -0.396 e. The molecule has 188 valence electrons. The van der Waals surface area contributed by atoms with E-state index < -0.39 is 34.1 Å². The number of Topliss-reactive ketones (excluding diaryl/α,β-unsaturated/α-hetero) is 2. The summed E-state index contributed by atoms with van der Waals surface area (Å²) in [4.78, 5) is 26.6. The molecule has 1 saturated heterocycles. The van der Waals surface area contributed by atoms with Crippen LogP contribution in [0.4, 0.5) is 0 Å². The maximum Gasteiger partial charge on any atom is 0.161 e. The first-order valence-electron chi connectivity index (χ1n) is 13.3. The molecule has 5 aliphatic rings. The molecule has 1 aliphatic heterocycles. The highest BCUT2D eigenvalue weighted by molar-refractivity contribution is 5.95. The number of carbonyl (C=O) groups excluding carboxylic acids is 2. The Hall–Kier alpha value is -1.30.